The lowest BCUT2D eigenvalue weighted by molar-refractivity contribution is 0.388. The van der Waals surface area contributed by atoms with Crippen LogP contribution in [0.5, 0.6) is 11.5 Å². The van der Waals surface area contributed by atoms with Crippen LogP contribution >= 0.6 is 0 Å². The van der Waals surface area contributed by atoms with Gasteiger partial charge in [0.2, 0.25) is 0 Å². The minimum Gasteiger partial charge on any atom is -0.454 e. The first-order chi connectivity index (χ1) is 15.3. The number of para-hydroxylation sites is 1. The third-order valence-electron chi connectivity index (χ3n) is 5.02. The van der Waals surface area contributed by atoms with E-state index >= 15 is 0 Å². The van der Waals surface area contributed by atoms with Gasteiger partial charge in [-0.15, -0.1) is 0 Å². The number of nitrogens with one attached hydrogen (secondary N) is 1. The van der Waals surface area contributed by atoms with Crippen LogP contribution in [0.4, 0.5) is 5.69 Å². The lowest BCUT2D eigenvalue weighted by atomic mass is 10.1. The largest absolute Gasteiger partial charge is 0.454 e. The highest BCUT2D eigenvalue weighted by Crippen LogP contribution is 2.41. The number of hydrogen-bond donors (Lipinski definition) is 1. The van der Waals surface area contributed by atoms with Crippen molar-refractivity contribution in [3.8, 4) is 22.9 Å². The van der Waals surface area contributed by atoms with Crippen LogP contribution in [0.3, 0.4) is 0 Å². The van der Waals surface area contributed by atoms with Gasteiger partial charge in [-0.1, -0.05) is 50.0 Å². The summed E-state index contributed by atoms with van der Waals surface area (Å²) in [5.41, 5.74) is 1.07. The second kappa shape index (κ2) is 10.5. The van der Waals surface area contributed by atoms with Crippen LogP contribution in [0, 0.1) is 0 Å². The molecule has 0 radical (unpaired) electrons. The Morgan fingerprint density at radius 2 is 1.72 bits per heavy atom. The van der Waals surface area contributed by atoms with E-state index < -0.39 is 15.6 Å². The minimum absolute atomic E-state index is 0.0238. The van der Waals surface area contributed by atoms with E-state index in [1.807, 2.05) is 18.2 Å². The Balaban J connectivity index is 2.25. The van der Waals surface area contributed by atoms with E-state index in [4.69, 9.17) is 4.74 Å². The topological polar surface area (TPSA) is 106 Å². The predicted octanol–water partition coefficient (Wildman–Crippen LogP) is 4.63. The van der Waals surface area contributed by atoms with Crippen LogP contribution in [0.2, 0.25) is 0 Å². The van der Waals surface area contributed by atoms with E-state index in [1.165, 1.54) is 6.07 Å². The molecule has 172 valence electrons. The minimum atomic E-state index is -3.68. The fourth-order valence-corrected chi connectivity index (χ4v) is 4.17. The quantitative estimate of drug-likeness (QED) is 0.445. The van der Waals surface area contributed by atoms with Crippen molar-refractivity contribution in [1.82, 2.24) is 10.1 Å². The van der Waals surface area contributed by atoms with Gasteiger partial charge in [0.25, 0.3) is 0 Å². The number of anilines is 1. The van der Waals surface area contributed by atoms with Crippen LogP contribution < -0.4 is 15.4 Å². The van der Waals surface area contributed by atoms with Crippen LogP contribution in [-0.2, 0) is 9.84 Å². The lowest BCUT2D eigenvalue weighted by Gasteiger charge is -2.28. The number of hydrogen-bond acceptors (Lipinski definition) is 7. The van der Waals surface area contributed by atoms with Crippen molar-refractivity contribution in [2.45, 2.75) is 44.4 Å². The van der Waals surface area contributed by atoms with Crippen molar-refractivity contribution in [2.75, 3.05) is 24.2 Å². The average molecular weight is 460 g/mol. The Bertz CT molecular complexity index is 1180. The first-order valence-corrected chi connectivity index (χ1v) is 12.6. The molecule has 0 amide bonds. The van der Waals surface area contributed by atoms with Gasteiger partial charge in [-0.2, -0.15) is 0 Å². The second-order valence-corrected chi connectivity index (χ2v) is 9.63. The molecule has 0 fully saturated rings. The maximum Gasteiger partial charge on any atom is 0.439 e. The van der Waals surface area contributed by atoms with E-state index in [9.17, 15) is 13.2 Å². The van der Waals surface area contributed by atoms with Crippen molar-refractivity contribution in [2.24, 2.45) is 0 Å². The molecule has 0 bridgehead atoms. The van der Waals surface area contributed by atoms with Gasteiger partial charge in [0.15, 0.2) is 21.4 Å². The number of aromatic amines is 1. The molecule has 0 unspecified atom stereocenters. The highest BCUT2D eigenvalue weighted by atomic mass is 32.2. The van der Waals surface area contributed by atoms with Gasteiger partial charge < -0.3 is 9.64 Å². The van der Waals surface area contributed by atoms with Gasteiger partial charge in [-0.25, -0.2) is 13.2 Å². The van der Waals surface area contributed by atoms with E-state index in [0.29, 0.717) is 17.0 Å². The molecule has 0 aliphatic heterocycles. The first-order valence-electron chi connectivity index (χ1n) is 10.8. The van der Waals surface area contributed by atoms with Gasteiger partial charge in [-0.3, -0.25) is 9.51 Å². The Hall–Kier alpha value is -3.07. The summed E-state index contributed by atoms with van der Waals surface area (Å²) in [5, 5.41) is 3.75. The molecule has 0 spiro atoms. The summed E-state index contributed by atoms with van der Waals surface area (Å²) in [6, 6.07) is 12.3. The van der Waals surface area contributed by atoms with Crippen LogP contribution in [-0.4, -0.2) is 37.9 Å². The fourth-order valence-electron chi connectivity index (χ4n) is 3.35. The van der Waals surface area contributed by atoms with E-state index in [0.717, 1.165) is 45.0 Å². The van der Waals surface area contributed by atoms with Crippen molar-refractivity contribution in [3.63, 3.8) is 0 Å². The first kappa shape index (κ1) is 23.6. The number of benzene rings is 2. The standard InChI is InChI=1S/C23H29N3O5S/c1-4-6-13-26(14-7-5-2)19-15-17(22-24-23(27)31-25-22)16-20(32(3,28)29)21(19)30-18-11-9-8-10-12-18/h8-12,15-16H,4-7,13-14H2,1-3H3,(H,24,25,27). The third-order valence-corrected chi connectivity index (χ3v) is 6.12. The molecule has 3 rings (SSSR count). The number of sulfone groups is 1. The number of aromatic nitrogens is 2. The van der Waals surface area contributed by atoms with Crippen molar-refractivity contribution in [1.29, 1.82) is 0 Å². The van der Waals surface area contributed by atoms with Gasteiger partial charge in [0, 0.05) is 24.9 Å². The normalized spacial score (nSPS) is 11.5. The lowest BCUT2D eigenvalue weighted by Crippen LogP contribution is -2.26. The summed E-state index contributed by atoms with van der Waals surface area (Å²) in [6.45, 7) is 5.70. The zero-order valence-corrected chi connectivity index (χ0v) is 19.4. The Kier molecular flexibility index (Phi) is 7.74. The Labute approximate surface area is 188 Å². The number of ether oxygens (including phenoxy) is 1. The van der Waals surface area contributed by atoms with E-state index in [2.05, 4.69) is 33.4 Å². The zero-order valence-electron chi connectivity index (χ0n) is 18.6. The molecule has 9 heteroatoms. The number of unbranched alkanes of at least 4 members (excludes halogenated alkanes) is 2. The molecule has 1 N–H and O–H groups in total. The zero-order chi connectivity index (χ0) is 23.1. The summed E-state index contributed by atoms with van der Waals surface area (Å²) in [6.07, 6.45) is 5.00. The second-order valence-electron chi connectivity index (χ2n) is 7.65. The molecule has 32 heavy (non-hydrogen) atoms. The van der Waals surface area contributed by atoms with E-state index in [-0.39, 0.29) is 16.5 Å². The predicted molar refractivity (Wildman–Crippen MR) is 124 cm³/mol. The molecule has 1 aromatic heterocycles. The van der Waals surface area contributed by atoms with Crippen LogP contribution in [0.1, 0.15) is 39.5 Å². The number of rotatable bonds is 11. The molecule has 0 aliphatic rings. The van der Waals surface area contributed by atoms with Crippen molar-refractivity contribution in [3.05, 3.63) is 53.0 Å². The molecule has 1 heterocycles. The molecular formula is C23H29N3O5S. The van der Waals surface area contributed by atoms with Crippen molar-refractivity contribution < 1.29 is 17.7 Å². The summed E-state index contributed by atoms with van der Waals surface area (Å²) in [5.74, 6) is 0.256. The Morgan fingerprint density at radius 1 is 1.06 bits per heavy atom. The smallest absolute Gasteiger partial charge is 0.439 e. The summed E-state index contributed by atoms with van der Waals surface area (Å²) in [7, 11) is -3.68. The van der Waals surface area contributed by atoms with Crippen LogP contribution in [0.15, 0.2) is 56.7 Å². The number of nitrogens with zero attached hydrogens (tertiary/aromatic N) is 2. The molecule has 0 atom stereocenters. The Morgan fingerprint density at radius 3 is 2.25 bits per heavy atom. The number of H-pyrrole nitrogens is 1. The van der Waals surface area contributed by atoms with Crippen molar-refractivity contribution >= 4 is 15.5 Å². The SMILES string of the molecule is CCCCN(CCCC)c1cc(-c2noc(=O)[nH]2)cc(S(C)(=O)=O)c1Oc1ccccc1. The molecule has 2 aromatic carbocycles. The van der Waals surface area contributed by atoms with Crippen LogP contribution in [0.25, 0.3) is 11.4 Å². The summed E-state index contributed by atoms with van der Waals surface area (Å²) >= 11 is 0. The van der Waals surface area contributed by atoms with E-state index in [1.54, 1.807) is 18.2 Å². The maximum atomic E-state index is 12.8. The van der Waals surface area contributed by atoms with Gasteiger partial charge >= 0.3 is 5.76 Å². The van der Waals surface area contributed by atoms with Gasteiger partial charge in [0.1, 0.15) is 10.6 Å². The highest BCUT2D eigenvalue weighted by Gasteiger charge is 2.25. The summed E-state index contributed by atoms with van der Waals surface area (Å²) < 4.78 is 36.5. The maximum absolute atomic E-state index is 12.8. The molecule has 0 saturated heterocycles. The van der Waals surface area contributed by atoms with Gasteiger partial charge in [0.05, 0.1) is 5.69 Å². The fraction of sp³-hybridized carbons (Fsp3) is 0.391. The molecular weight excluding hydrogens is 430 g/mol. The monoisotopic (exact) mass is 459 g/mol. The average Bonchev–Trinajstić information content (AvgIpc) is 3.20. The molecule has 3 aromatic rings. The third kappa shape index (κ3) is 5.79. The van der Waals surface area contributed by atoms with Gasteiger partial charge in [-0.05, 0) is 37.1 Å². The molecule has 0 aliphatic carbocycles. The highest BCUT2D eigenvalue weighted by molar-refractivity contribution is 7.90. The summed E-state index contributed by atoms with van der Waals surface area (Å²) in [4.78, 5) is 16.2. The molecule has 8 nitrogen and oxygen atoms in total. The molecule has 0 saturated carbocycles.